The van der Waals surface area contributed by atoms with Crippen molar-refractivity contribution in [3.63, 3.8) is 0 Å². The number of rotatable bonds is 11. The van der Waals surface area contributed by atoms with Crippen LogP contribution in [0.2, 0.25) is 0 Å². The number of ether oxygens (including phenoxy) is 3. The third kappa shape index (κ3) is 7.94. The topological polar surface area (TPSA) is 115 Å². The van der Waals surface area contributed by atoms with E-state index < -0.39 is 15.9 Å². The van der Waals surface area contributed by atoms with Gasteiger partial charge in [0.15, 0.2) is 5.11 Å². The quantitative estimate of drug-likeness (QED) is 0.252. The molecule has 36 heavy (non-hydrogen) atoms. The lowest BCUT2D eigenvalue weighted by Gasteiger charge is -2.12. The third-order valence-electron chi connectivity index (χ3n) is 4.79. The normalized spacial score (nSPS) is 10.8. The Morgan fingerprint density at radius 3 is 2.28 bits per heavy atom. The highest BCUT2D eigenvalue weighted by molar-refractivity contribution is 7.92. The zero-order valence-corrected chi connectivity index (χ0v) is 21.4. The molecule has 0 spiro atoms. The Morgan fingerprint density at radius 2 is 1.61 bits per heavy atom. The maximum absolute atomic E-state index is 12.7. The van der Waals surface area contributed by atoms with Gasteiger partial charge in [-0.25, -0.2) is 8.42 Å². The van der Waals surface area contributed by atoms with E-state index in [1.54, 1.807) is 60.7 Å². The molecule has 0 aliphatic carbocycles. The number of benzene rings is 3. The molecule has 190 valence electrons. The first-order chi connectivity index (χ1) is 17.3. The second kappa shape index (κ2) is 12.9. The predicted molar refractivity (Wildman–Crippen MR) is 142 cm³/mol. The summed E-state index contributed by atoms with van der Waals surface area (Å²) in [5.41, 5.74) is 1.29. The lowest BCUT2D eigenvalue weighted by Crippen LogP contribution is -2.34. The van der Waals surface area contributed by atoms with Gasteiger partial charge in [0.05, 0.1) is 18.6 Å². The van der Waals surface area contributed by atoms with Crippen LogP contribution in [0.4, 0.5) is 11.4 Å². The van der Waals surface area contributed by atoms with E-state index >= 15 is 0 Å². The number of sulfonamides is 1. The van der Waals surface area contributed by atoms with Crippen molar-refractivity contribution < 1.29 is 27.4 Å². The second-order valence-electron chi connectivity index (χ2n) is 7.34. The molecule has 3 N–H and O–H groups in total. The molecule has 3 aromatic rings. The summed E-state index contributed by atoms with van der Waals surface area (Å²) in [7, 11) is -2.26. The van der Waals surface area contributed by atoms with Crippen LogP contribution in [0.25, 0.3) is 0 Å². The molecule has 11 heteroatoms. The first-order valence-corrected chi connectivity index (χ1v) is 12.9. The minimum absolute atomic E-state index is 0.0645. The minimum Gasteiger partial charge on any atom is -0.497 e. The van der Waals surface area contributed by atoms with Crippen molar-refractivity contribution in [1.82, 2.24) is 5.32 Å². The van der Waals surface area contributed by atoms with Gasteiger partial charge in [0, 0.05) is 23.5 Å². The summed E-state index contributed by atoms with van der Waals surface area (Å²) in [6, 6.07) is 19.2. The van der Waals surface area contributed by atoms with Crippen LogP contribution < -0.4 is 24.8 Å². The summed E-state index contributed by atoms with van der Waals surface area (Å²) in [5.74, 6) is 0.752. The number of carbonyl (C=O) groups is 1. The maximum Gasteiger partial charge on any atom is 0.261 e. The molecular formula is C25H27N3O6S2. The molecule has 0 aliphatic heterocycles. The largest absolute Gasteiger partial charge is 0.497 e. The van der Waals surface area contributed by atoms with E-state index in [4.69, 9.17) is 26.4 Å². The van der Waals surface area contributed by atoms with Crippen LogP contribution in [0, 0.1) is 0 Å². The molecule has 0 saturated heterocycles. The van der Waals surface area contributed by atoms with Gasteiger partial charge in [-0.3, -0.25) is 14.8 Å². The average Bonchev–Trinajstić information content (AvgIpc) is 2.87. The van der Waals surface area contributed by atoms with Crippen LogP contribution in [0.15, 0.2) is 77.7 Å². The van der Waals surface area contributed by atoms with E-state index in [1.165, 1.54) is 19.2 Å². The number of carbonyl (C=O) groups excluding carboxylic acids is 1. The Bertz CT molecular complexity index is 1280. The molecular weight excluding hydrogens is 502 g/mol. The van der Waals surface area contributed by atoms with Gasteiger partial charge >= 0.3 is 0 Å². The van der Waals surface area contributed by atoms with Crippen molar-refractivity contribution in [2.45, 2.75) is 11.8 Å². The number of hydrogen-bond acceptors (Lipinski definition) is 7. The summed E-state index contributed by atoms with van der Waals surface area (Å²) in [4.78, 5) is 12.6. The first-order valence-electron chi connectivity index (χ1n) is 11.0. The summed E-state index contributed by atoms with van der Waals surface area (Å²) in [6.45, 7) is 3.34. The Kier molecular flexibility index (Phi) is 9.62. The summed E-state index contributed by atoms with van der Waals surface area (Å²) < 4.78 is 43.7. The third-order valence-corrected chi connectivity index (χ3v) is 6.39. The first kappa shape index (κ1) is 26.9. The van der Waals surface area contributed by atoms with Crippen LogP contribution in [0.5, 0.6) is 11.5 Å². The molecule has 0 bridgehead atoms. The molecule has 0 aromatic heterocycles. The van der Waals surface area contributed by atoms with Gasteiger partial charge in [-0.15, -0.1) is 0 Å². The molecule has 1 amide bonds. The molecule has 0 atom stereocenters. The van der Waals surface area contributed by atoms with E-state index in [2.05, 4.69) is 15.4 Å². The van der Waals surface area contributed by atoms with Gasteiger partial charge in [-0.2, -0.15) is 0 Å². The highest BCUT2D eigenvalue weighted by Gasteiger charge is 2.15. The predicted octanol–water partition coefficient (Wildman–Crippen LogP) is 4.04. The Morgan fingerprint density at radius 1 is 0.917 bits per heavy atom. The van der Waals surface area contributed by atoms with Gasteiger partial charge in [0.1, 0.15) is 18.1 Å². The van der Waals surface area contributed by atoms with Gasteiger partial charge in [0.25, 0.3) is 15.9 Å². The van der Waals surface area contributed by atoms with Crippen molar-refractivity contribution in [1.29, 1.82) is 0 Å². The van der Waals surface area contributed by atoms with Gasteiger partial charge in [-0.1, -0.05) is 6.07 Å². The molecule has 0 fully saturated rings. The fourth-order valence-corrected chi connectivity index (χ4v) is 4.29. The van der Waals surface area contributed by atoms with Gasteiger partial charge < -0.3 is 19.5 Å². The van der Waals surface area contributed by atoms with E-state index in [-0.39, 0.29) is 10.0 Å². The van der Waals surface area contributed by atoms with E-state index in [1.807, 2.05) is 6.92 Å². The molecule has 0 heterocycles. The highest BCUT2D eigenvalue weighted by Crippen LogP contribution is 2.20. The summed E-state index contributed by atoms with van der Waals surface area (Å²) in [6.07, 6.45) is 0. The molecule has 0 saturated carbocycles. The zero-order chi connectivity index (χ0) is 26.0. The molecule has 0 radical (unpaired) electrons. The fourth-order valence-electron chi connectivity index (χ4n) is 3.02. The van der Waals surface area contributed by atoms with E-state index in [9.17, 15) is 13.2 Å². The van der Waals surface area contributed by atoms with Crippen LogP contribution >= 0.6 is 12.2 Å². The molecule has 0 aliphatic rings. The van der Waals surface area contributed by atoms with Crippen molar-refractivity contribution >= 4 is 44.6 Å². The number of amides is 1. The van der Waals surface area contributed by atoms with E-state index in [0.717, 1.165) is 0 Å². The number of methoxy groups -OCH3 is 1. The fraction of sp³-hybridized carbons (Fsp3) is 0.200. The lowest BCUT2D eigenvalue weighted by atomic mass is 10.2. The maximum atomic E-state index is 12.7. The smallest absolute Gasteiger partial charge is 0.261 e. The SMILES string of the molecule is CCOCCOc1cccc(C(=O)NC(=S)Nc2ccc(S(=O)(=O)Nc3ccc(OC)cc3)cc2)c1. The second-order valence-corrected chi connectivity index (χ2v) is 9.43. The molecule has 3 aromatic carbocycles. The minimum atomic E-state index is -3.79. The highest BCUT2D eigenvalue weighted by atomic mass is 32.2. The van der Waals surface area contributed by atoms with Crippen LogP contribution in [0.1, 0.15) is 17.3 Å². The van der Waals surface area contributed by atoms with E-state index in [0.29, 0.717) is 48.3 Å². The Hall–Kier alpha value is -3.67. The number of thiocarbonyl (C=S) groups is 1. The number of nitrogens with one attached hydrogen (secondary N) is 3. The molecule has 9 nitrogen and oxygen atoms in total. The zero-order valence-electron chi connectivity index (χ0n) is 19.8. The number of anilines is 2. The Labute approximate surface area is 215 Å². The standard InChI is InChI=1S/C25H27N3O6S2/c1-3-33-15-16-34-22-6-4-5-18(17-22)24(29)27-25(35)26-19-9-13-23(14-10-19)36(30,31)28-20-7-11-21(32-2)12-8-20/h4-14,17,28H,3,15-16H2,1-2H3,(H2,26,27,29,35). The monoisotopic (exact) mass is 529 g/mol. The molecule has 3 rings (SSSR count). The van der Waals surface area contributed by atoms with Gasteiger partial charge in [-0.05, 0) is 85.9 Å². The lowest BCUT2D eigenvalue weighted by molar-refractivity contribution is 0.0976. The van der Waals surface area contributed by atoms with Gasteiger partial charge in [0.2, 0.25) is 0 Å². The Balaban J connectivity index is 1.55. The van der Waals surface area contributed by atoms with Crippen molar-refractivity contribution in [2.24, 2.45) is 0 Å². The van der Waals surface area contributed by atoms with Crippen LogP contribution in [-0.4, -0.2) is 46.4 Å². The number of hydrogen-bond donors (Lipinski definition) is 3. The summed E-state index contributed by atoms with van der Waals surface area (Å²) in [5, 5.41) is 5.53. The summed E-state index contributed by atoms with van der Waals surface area (Å²) >= 11 is 5.23. The average molecular weight is 530 g/mol. The van der Waals surface area contributed by atoms with Crippen molar-refractivity contribution in [3.8, 4) is 11.5 Å². The van der Waals surface area contributed by atoms with Crippen molar-refractivity contribution in [3.05, 3.63) is 78.4 Å². The van der Waals surface area contributed by atoms with Crippen LogP contribution in [0.3, 0.4) is 0 Å². The molecule has 0 unspecified atom stereocenters. The van der Waals surface area contributed by atoms with Crippen LogP contribution in [-0.2, 0) is 14.8 Å². The van der Waals surface area contributed by atoms with Crippen molar-refractivity contribution in [2.75, 3.05) is 37.0 Å².